The van der Waals surface area contributed by atoms with E-state index in [2.05, 4.69) is 15.4 Å². The number of halogens is 1. The maximum Gasteiger partial charge on any atom is 0.344 e. The lowest BCUT2D eigenvalue weighted by Gasteiger charge is -2.09. The van der Waals surface area contributed by atoms with E-state index in [0.717, 1.165) is 5.56 Å². The van der Waals surface area contributed by atoms with Crippen LogP contribution in [0.2, 0.25) is 5.02 Å². The van der Waals surface area contributed by atoms with Crippen LogP contribution in [0, 0.1) is 13.8 Å². The van der Waals surface area contributed by atoms with Gasteiger partial charge in [0.15, 0.2) is 12.3 Å². The van der Waals surface area contributed by atoms with Gasteiger partial charge in [0.2, 0.25) is 0 Å². The van der Waals surface area contributed by atoms with Crippen LogP contribution in [0.15, 0.2) is 36.7 Å². The fourth-order valence-corrected chi connectivity index (χ4v) is 2.54. The summed E-state index contributed by atoms with van der Waals surface area (Å²) in [7, 11) is 0. The number of carbonyl (C=O) groups excluding carboxylic acids is 2. The largest absolute Gasteiger partial charge is 0.452 e. The molecular weight excluding hydrogens is 344 g/mol. The van der Waals surface area contributed by atoms with Crippen molar-refractivity contribution < 1.29 is 14.3 Å². The van der Waals surface area contributed by atoms with Gasteiger partial charge >= 0.3 is 5.97 Å². The Kier molecular flexibility index (Phi) is 4.67. The van der Waals surface area contributed by atoms with Crippen LogP contribution in [0.1, 0.15) is 21.6 Å². The van der Waals surface area contributed by atoms with Crippen molar-refractivity contribution in [3.8, 4) is 0 Å². The molecule has 1 N–H and O–H groups in total. The summed E-state index contributed by atoms with van der Waals surface area (Å²) in [4.78, 5) is 28.5. The van der Waals surface area contributed by atoms with Gasteiger partial charge in [0.05, 0.1) is 5.69 Å². The highest BCUT2D eigenvalue weighted by Crippen LogP contribution is 2.22. The quantitative estimate of drug-likeness (QED) is 0.725. The fourth-order valence-electron chi connectivity index (χ4n) is 2.37. The zero-order valence-electron chi connectivity index (χ0n) is 13.6. The molecule has 3 rings (SSSR count). The Balaban J connectivity index is 1.68. The van der Waals surface area contributed by atoms with E-state index in [0.29, 0.717) is 22.1 Å². The number of aryl methyl sites for hydroxylation is 1. The van der Waals surface area contributed by atoms with Gasteiger partial charge in [-0.15, -0.1) is 0 Å². The standard InChI is InChI=1S/C17H15ClN4O3/c1-10-12(18)5-3-6-13(10)20-14(23)9-25-17(24)15-11(2)21-22-8-4-7-19-16(15)22/h3-8H,9H2,1-2H3,(H,20,23). The number of nitrogens with zero attached hydrogens (tertiary/aromatic N) is 3. The Labute approximate surface area is 148 Å². The summed E-state index contributed by atoms with van der Waals surface area (Å²) in [5.74, 6) is -1.11. The van der Waals surface area contributed by atoms with Crippen LogP contribution in [0.3, 0.4) is 0 Å². The third kappa shape index (κ3) is 3.46. The van der Waals surface area contributed by atoms with Gasteiger partial charge in [0, 0.05) is 23.1 Å². The van der Waals surface area contributed by atoms with E-state index in [4.69, 9.17) is 16.3 Å². The van der Waals surface area contributed by atoms with Crippen molar-refractivity contribution in [1.29, 1.82) is 0 Å². The van der Waals surface area contributed by atoms with Gasteiger partial charge in [0.1, 0.15) is 5.56 Å². The summed E-state index contributed by atoms with van der Waals surface area (Å²) in [6.45, 7) is 3.05. The predicted molar refractivity (Wildman–Crippen MR) is 92.8 cm³/mol. The van der Waals surface area contributed by atoms with E-state index in [1.54, 1.807) is 50.5 Å². The molecule has 0 aliphatic carbocycles. The Bertz CT molecular complexity index is 968. The molecule has 0 aliphatic heterocycles. The molecule has 0 radical (unpaired) electrons. The summed E-state index contributed by atoms with van der Waals surface area (Å²) in [6.07, 6.45) is 3.24. The second-order valence-corrected chi connectivity index (χ2v) is 5.79. The summed E-state index contributed by atoms with van der Waals surface area (Å²) < 4.78 is 6.59. The lowest BCUT2D eigenvalue weighted by atomic mass is 10.2. The molecule has 0 saturated carbocycles. The van der Waals surface area contributed by atoms with Crippen molar-refractivity contribution in [3.05, 3.63) is 58.5 Å². The Morgan fingerprint density at radius 3 is 2.88 bits per heavy atom. The van der Waals surface area contributed by atoms with Crippen LogP contribution in [-0.4, -0.2) is 33.1 Å². The van der Waals surface area contributed by atoms with Gasteiger partial charge in [-0.25, -0.2) is 14.3 Å². The summed E-state index contributed by atoms with van der Waals surface area (Å²) in [6, 6.07) is 6.88. The molecule has 0 fully saturated rings. The van der Waals surface area contributed by atoms with Crippen molar-refractivity contribution in [3.63, 3.8) is 0 Å². The number of fused-ring (bicyclic) bond motifs is 1. The monoisotopic (exact) mass is 358 g/mol. The molecule has 8 heteroatoms. The fraction of sp³-hybridized carbons (Fsp3) is 0.176. The zero-order chi connectivity index (χ0) is 18.0. The first kappa shape index (κ1) is 16.9. The van der Waals surface area contributed by atoms with Gasteiger partial charge in [-0.3, -0.25) is 4.79 Å². The Morgan fingerprint density at radius 1 is 1.28 bits per heavy atom. The molecule has 2 aromatic heterocycles. The summed E-state index contributed by atoms with van der Waals surface area (Å²) in [5.41, 5.74) is 2.42. The Hall–Kier alpha value is -2.93. The average molecular weight is 359 g/mol. The smallest absolute Gasteiger partial charge is 0.344 e. The lowest BCUT2D eigenvalue weighted by molar-refractivity contribution is -0.119. The molecule has 1 amide bonds. The van der Waals surface area contributed by atoms with Crippen LogP contribution < -0.4 is 5.32 Å². The highest BCUT2D eigenvalue weighted by molar-refractivity contribution is 6.31. The normalized spacial score (nSPS) is 10.7. The number of benzene rings is 1. The van der Waals surface area contributed by atoms with Gasteiger partial charge in [0.25, 0.3) is 5.91 Å². The van der Waals surface area contributed by atoms with Crippen molar-refractivity contribution in [2.75, 3.05) is 11.9 Å². The summed E-state index contributed by atoms with van der Waals surface area (Å²) >= 11 is 6.01. The van der Waals surface area contributed by atoms with Crippen LogP contribution in [0.25, 0.3) is 5.65 Å². The van der Waals surface area contributed by atoms with Crippen LogP contribution in [0.4, 0.5) is 5.69 Å². The number of anilines is 1. The van der Waals surface area contributed by atoms with E-state index in [1.165, 1.54) is 4.52 Å². The molecule has 128 valence electrons. The van der Waals surface area contributed by atoms with Crippen molar-refractivity contribution in [2.24, 2.45) is 0 Å². The number of amides is 1. The number of aromatic nitrogens is 3. The number of nitrogens with one attached hydrogen (secondary N) is 1. The highest BCUT2D eigenvalue weighted by Gasteiger charge is 2.20. The first-order valence-corrected chi connectivity index (χ1v) is 7.87. The van der Waals surface area contributed by atoms with Crippen LogP contribution >= 0.6 is 11.6 Å². The number of hydrogen-bond donors (Lipinski definition) is 1. The predicted octanol–water partition coefficient (Wildman–Crippen LogP) is 2.80. The zero-order valence-corrected chi connectivity index (χ0v) is 14.4. The highest BCUT2D eigenvalue weighted by atomic mass is 35.5. The minimum atomic E-state index is -0.649. The summed E-state index contributed by atoms with van der Waals surface area (Å²) in [5, 5.41) is 7.40. The maximum atomic E-state index is 12.3. The number of esters is 1. The SMILES string of the molecule is Cc1nn2cccnc2c1C(=O)OCC(=O)Nc1cccc(Cl)c1C. The molecule has 25 heavy (non-hydrogen) atoms. The third-order valence-electron chi connectivity index (χ3n) is 3.65. The average Bonchev–Trinajstić information content (AvgIpc) is 2.92. The molecule has 7 nitrogen and oxygen atoms in total. The number of carbonyl (C=O) groups is 2. The second-order valence-electron chi connectivity index (χ2n) is 5.38. The first-order chi connectivity index (χ1) is 12.0. The van der Waals surface area contributed by atoms with Gasteiger partial charge in [-0.2, -0.15) is 5.10 Å². The van der Waals surface area contributed by atoms with Crippen LogP contribution in [0.5, 0.6) is 0 Å². The lowest BCUT2D eigenvalue weighted by Crippen LogP contribution is -2.21. The number of hydrogen-bond acceptors (Lipinski definition) is 5. The molecule has 0 saturated heterocycles. The van der Waals surface area contributed by atoms with E-state index < -0.39 is 18.5 Å². The van der Waals surface area contributed by atoms with Crippen molar-refractivity contribution in [2.45, 2.75) is 13.8 Å². The second kappa shape index (κ2) is 6.90. The van der Waals surface area contributed by atoms with Crippen molar-refractivity contribution in [1.82, 2.24) is 14.6 Å². The molecule has 0 bridgehead atoms. The van der Waals surface area contributed by atoms with E-state index >= 15 is 0 Å². The van der Waals surface area contributed by atoms with Crippen molar-refractivity contribution >= 4 is 34.8 Å². The van der Waals surface area contributed by atoms with Gasteiger partial charge in [-0.1, -0.05) is 17.7 Å². The molecule has 2 heterocycles. The third-order valence-corrected chi connectivity index (χ3v) is 4.06. The van der Waals surface area contributed by atoms with Gasteiger partial charge in [-0.05, 0) is 37.6 Å². The minimum absolute atomic E-state index is 0.243. The number of ether oxygens (including phenoxy) is 1. The minimum Gasteiger partial charge on any atom is -0.452 e. The number of rotatable bonds is 4. The van der Waals surface area contributed by atoms with Crippen LogP contribution in [-0.2, 0) is 9.53 Å². The topological polar surface area (TPSA) is 85.6 Å². The Morgan fingerprint density at radius 2 is 2.08 bits per heavy atom. The molecule has 0 spiro atoms. The maximum absolute atomic E-state index is 12.3. The molecule has 3 aromatic rings. The molecule has 0 atom stereocenters. The van der Waals surface area contributed by atoms with E-state index in [9.17, 15) is 9.59 Å². The molecule has 0 unspecified atom stereocenters. The molecular formula is C17H15ClN4O3. The first-order valence-electron chi connectivity index (χ1n) is 7.49. The molecule has 0 aliphatic rings. The van der Waals surface area contributed by atoms with Gasteiger partial charge < -0.3 is 10.1 Å². The van der Waals surface area contributed by atoms with E-state index in [1.807, 2.05) is 0 Å². The molecule has 1 aromatic carbocycles. The van der Waals surface area contributed by atoms with E-state index in [-0.39, 0.29) is 5.56 Å².